The lowest BCUT2D eigenvalue weighted by molar-refractivity contribution is -0.115. The smallest absolute Gasteiger partial charge is 0.225 e. The van der Waals surface area contributed by atoms with Crippen LogP contribution >= 0.6 is 0 Å². The summed E-state index contributed by atoms with van der Waals surface area (Å²) < 4.78 is 23.6. The lowest BCUT2D eigenvalue weighted by Crippen LogP contribution is -2.19. The van der Waals surface area contributed by atoms with Crippen molar-refractivity contribution in [2.45, 2.75) is 39.5 Å². The molecule has 0 spiro atoms. The van der Waals surface area contributed by atoms with Gasteiger partial charge in [-0.15, -0.1) is 0 Å². The standard InChI is InChI=1S/C15H24N2O3S/c1-3-4-5-9-21(19,20)10-8-15(18)17-14-11-13(16)7-6-12(14)2/h6-7,11H,3-5,8-10,16H2,1-2H3,(H,17,18). The Bertz CT molecular complexity index is 583. The van der Waals surface area contributed by atoms with Crippen LogP contribution in [0.1, 0.15) is 38.2 Å². The Balaban J connectivity index is 2.49. The molecule has 0 radical (unpaired) electrons. The normalized spacial score (nSPS) is 11.3. The molecule has 118 valence electrons. The zero-order valence-corrected chi connectivity index (χ0v) is 13.5. The number of benzene rings is 1. The van der Waals surface area contributed by atoms with Gasteiger partial charge in [0.25, 0.3) is 0 Å². The predicted octanol–water partition coefficient (Wildman–Crippen LogP) is 2.51. The minimum absolute atomic E-state index is 0.0251. The van der Waals surface area contributed by atoms with Gasteiger partial charge in [-0.05, 0) is 31.0 Å². The SMILES string of the molecule is CCCCCS(=O)(=O)CCC(=O)Nc1cc(N)ccc1C. The van der Waals surface area contributed by atoms with Gasteiger partial charge >= 0.3 is 0 Å². The first-order valence-electron chi connectivity index (χ1n) is 7.20. The molecule has 0 aliphatic heterocycles. The molecule has 21 heavy (non-hydrogen) atoms. The van der Waals surface area contributed by atoms with Crippen LogP contribution in [-0.4, -0.2) is 25.8 Å². The van der Waals surface area contributed by atoms with Gasteiger partial charge in [-0.3, -0.25) is 4.79 Å². The number of nitrogens with two attached hydrogens (primary N) is 1. The quantitative estimate of drug-likeness (QED) is 0.570. The highest BCUT2D eigenvalue weighted by molar-refractivity contribution is 7.91. The van der Waals surface area contributed by atoms with E-state index >= 15 is 0 Å². The van der Waals surface area contributed by atoms with E-state index in [1.807, 2.05) is 19.9 Å². The number of carbonyl (C=O) groups excluding carboxylic acids is 1. The minimum atomic E-state index is -3.14. The first-order chi connectivity index (χ1) is 9.84. The summed E-state index contributed by atoms with van der Waals surface area (Å²) in [5, 5.41) is 2.71. The molecule has 1 aromatic rings. The Kier molecular flexibility index (Phi) is 6.68. The number of anilines is 2. The fourth-order valence-electron chi connectivity index (χ4n) is 1.91. The largest absolute Gasteiger partial charge is 0.399 e. The molecule has 3 N–H and O–H groups in total. The van der Waals surface area contributed by atoms with E-state index in [2.05, 4.69) is 5.32 Å². The van der Waals surface area contributed by atoms with Crippen LogP contribution in [0.25, 0.3) is 0 Å². The summed E-state index contributed by atoms with van der Waals surface area (Å²) in [6.45, 7) is 3.88. The Morgan fingerprint density at radius 3 is 2.62 bits per heavy atom. The van der Waals surface area contributed by atoms with Crippen LogP contribution in [0.3, 0.4) is 0 Å². The second-order valence-corrected chi connectivity index (χ2v) is 7.54. The van der Waals surface area contributed by atoms with Crippen molar-refractivity contribution in [2.24, 2.45) is 0 Å². The summed E-state index contributed by atoms with van der Waals surface area (Å²) in [6, 6.07) is 5.23. The molecule has 0 bridgehead atoms. The van der Waals surface area contributed by atoms with Gasteiger partial charge in [0, 0.05) is 17.8 Å². The van der Waals surface area contributed by atoms with Crippen molar-refractivity contribution in [3.05, 3.63) is 23.8 Å². The molecule has 0 unspecified atom stereocenters. The van der Waals surface area contributed by atoms with Crippen molar-refractivity contribution < 1.29 is 13.2 Å². The van der Waals surface area contributed by atoms with Crippen LogP contribution in [0.2, 0.25) is 0 Å². The van der Waals surface area contributed by atoms with Crippen LogP contribution in [0.5, 0.6) is 0 Å². The monoisotopic (exact) mass is 312 g/mol. The molecule has 1 rings (SSSR count). The van der Waals surface area contributed by atoms with Gasteiger partial charge in [-0.2, -0.15) is 0 Å². The fraction of sp³-hybridized carbons (Fsp3) is 0.533. The number of amides is 1. The third-order valence-corrected chi connectivity index (χ3v) is 4.97. The highest BCUT2D eigenvalue weighted by atomic mass is 32.2. The average Bonchev–Trinajstić information content (AvgIpc) is 2.41. The second-order valence-electron chi connectivity index (χ2n) is 5.23. The fourth-order valence-corrected chi connectivity index (χ4v) is 3.25. The summed E-state index contributed by atoms with van der Waals surface area (Å²) in [4.78, 5) is 11.8. The zero-order valence-electron chi connectivity index (χ0n) is 12.7. The molecule has 0 fully saturated rings. The number of unbranched alkanes of at least 4 members (excludes halogenated alkanes) is 2. The molecule has 1 amide bonds. The van der Waals surface area contributed by atoms with Crippen molar-refractivity contribution in [1.82, 2.24) is 0 Å². The van der Waals surface area contributed by atoms with Gasteiger partial charge in [0.2, 0.25) is 5.91 Å². The number of nitrogen functional groups attached to an aromatic ring is 1. The Morgan fingerprint density at radius 1 is 1.24 bits per heavy atom. The maximum absolute atomic E-state index is 11.8. The van der Waals surface area contributed by atoms with Crippen molar-refractivity contribution in [3.8, 4) is 0 Å². The van der Waals surface area contributed by atoms with Gasteiger partial charge < -0.3 is 11.1 Å². The predicted molar refractivity (Wildman–Crippen MR) is 87.0 cm³/mol. The lowest BCUT2D eigenvalue weighted by atomic mass is 10.2. The molecule has 0 heterocycles. The number of hydrogen-bond donors (Lipinski definition) is 2. The van der Waals surface area contributed by atoms with Crippen LogP contribution in [0, 0.1) is 6.92 Å². The van der Waals surface area contributed by atoms with Crippen LogP contribution in [0.15, 0.2) is 18.2 Å². The zero-order chi connectivity index (χ0) is 15.9. The first kappa shape index (κ1) is 17.5. The summed E-state index contributed by atoms with van der Waals surface area (Å²) in [7, 11) is -3.14. The summed E-state index contributed by atoms with van der Waals surface area (Å²) in [5.41, 5.74) is 7.75. The van der Waals surface area contributed by atoms with E-state index in [0.717, 1.165) is 18.4 Å². The number of carbonyl (C=O) groups is 1. The highest BCUT2D eigenvalue weighted by Gasteiger charge is 2.14. The molecule has 0 aliphatic rings. The number of aryl methyl sites for hydroxylation is 1. The topological polar surface area (TPSA) is 89.3 Å². The number of nitrogens with one attached hydrogen (secondary N) is 1. The van der Waals surface area contributed by atoms with Crippen molar-refractivity contribution in [3.63, 3.8) is 0 Å². The first-order valence-corrected chi connectivity index (χ1v) is 9.02. The Morgan fingerprint density at radius 2 is 1.95 bits per heavy atom. The Labute approximate surface area is 126 Å². The van der Waals surface area contributed by atoms with E-state index in [-0.39, 0.29) is 23.8 Å². The Hall–Kier alpha value is -1.56. The molecule has 6 heteroatoms. The molecule has 5 nitrogen and oxygen atoms in total. The van der Waals surface area contributed by atoms with E-state index in [1.165, 1.54) is 0 Å². The van der Waals surface area contributed by atoms with Gasteiger partial charge in [0.1, 0.15) is 0 Å². The van der Waals surface area contributed by atoms with Crippen LogP contribution in [0.4, 0.5) is 11.4 Å². The molecular weight excluding hydrogens is 288 g/mol. The van der Waals surface area contributed by atoms with Crippen molar-refractivity contribution in [2.75, 3.05) is 22.6 Å². The molecule has 0 saturated carbocycles. The molecule has 1 aromatic carbocycles. The molecular formula is C15H24N2O3S. The summed E-state index contributed by atoms with van der Waals surface area (Å²) in [6.07, 6.45) is 2.51. The summed E-state index contributed by atoms with van der Waals surface area (Å²) >= 11 is 0. The van der Waals surface area contributed by atoms with Crippen LogP contribution < -0.4 is 11.1 Å². The van der Waals surface area contributed by atoms with Gasteiger partial charge in [0.15, 0.2) is 9.84 Å². The third kappa shape index (κ3) is 6.62. The van der Waals surface area contributed by atoms with E-state index in [1.54, 1.807) is 12.1 Å². The molecule has 0 aromatic heterocycles. The van der Waals surface area contributed by atoms with Gasteiger partial charge in [-0.1, -0.05) is 25.8 Å². The maximum atomic E-state index is 11.8. The highest BCUT2D eigenvalue weighted by Crippen LogP contribution is 2.18. The van der Waals surface area contributed by atoms with Crippen LogP contribution in [-0.2, 0) is 14.6 Å². The number of rotatable bonds is 8. The maximum Gasteiger partial charge on any atom is 0.225 e. The third-order valence-electron chi connectivity index (χ3n) is 3.23. The lowest BCUT2D eigenvalue weighted by Gasteiger charge is -2.09. The molecule has 0 atom stereocenters. The van der Waals surface area contributed by atoms with E-state index < -0.39 is 9.84 Å². The average molecular weight is 312 g/mol. The van der Waals surface area contributed by atoms with E-state index in [4.69, 9.17) is 5.73 Å². The van der Waals surface area contributed by atoms with E-state index in [0.29, 0.717) is 17.8 Å². The second kappa shape index (κ2) is 8.02. The van der Waals surface area contributed by atoms with E-state index in [9.17, 15) is 13.2 Å². The summed E-state index contributed by atoms with van der Waals surface area (Å²) in [5.74, 6) is -0.252. The number of sulfone groups is 1. The molecule has 0 saturated heterocycles. The van der Waals surface area contributed by atoms with Crippen molar-refractivity contribution in [1.29, 1.82) is 0 Å². The molecule has 0 aliphatic carbocycles. The minimum Gasteiger partial charge on any atom is -0.399 e. The van der Waals surface area contributed by atoms with Gasteiger partial charge in [-0.25, -0.2) is 8.42 Å². The van der Waals surface area contributed by atoms with Gasteiger partial charge in [0.05, 0.1) is 11.5 Å². The number of hydrogen-bond acceptors (Lipinski definition) is 4. The van der Waals surface area contributed by atoms with Crippen molar-refractivity contribution >= 4 is 27.1 Å².